The van der Waals surface area contributed by atoms with Crippen LogP contribution in [0.4, 0.5) is 0 Å². The van der Waals surface area contributed by atoms with Gasteiger partial charge in [0.15, 0.2) is 6.29 Å². The molecule has 1 aliphatic heterocycles. The number of hydroxylamine groups is 1. The summed E-state index contributed by atoms with van der Waals surface area (Å²) in [6, 6.07) is 45.5. The molecular weight excluding hydrogens is 691 g/mol. The average Bonchev–Trinajstić information content (AvgIpc) is 3.23. The van der Waals surface area contributed by atoms with Crippen LogP contribution < -0.4 is 10.8 Å². The van der Waals surface area contributed by atoms with E-state index in [4.69, 9.17) is 14.7 Å². The van der Waals surface area contributed by atoms with E-state index in [-0.39, 0.29) is 31.1 Å². The van der Waals surface area contributed by atoms with Crippen molar-refractivity contribution >= 4 is 11.8 Å². The Labute approximate surface area is 323 Å². The van der Waals surface area contributed by atoms with E-state index in [9.17, 15) is 14.7 Å². The summed E-state index contributed by atoms with van der Waals surface area (Å²) in [7, 11) is 0. The van der Waals surface area contributed by atoms with Crippen LogP contribution in [0.15, 0.2) is 133 Å². The highest BCUT2D eigenvalue weighted by Gasteiger charge is 2.33. The van der Waals surface area contributed by atoms with E-state index in [2.05, 4.69) is 89.1 Å². The predicted octanol–water partition coefficient (Wildman–Crippen LogP) is 8.17. The van der Waals surface area contributed by atoms with Crippen molar-refractivity contribution < 1.29 is 29.4 Å². The summed E-state index contributed by atoms with van der Waals surface area (Å²) in [6.07, 6.45) is 2.42. The molecule has 55 heavy (non-hydrogen) atoms. The fourth-order valence-electron chi connectivity index (χ4n) is 7.01. The number of benzene rings is 5. The Morgan fingerprint density at radius 2 is 1.25 bits per heavy atom. The molecule has 2 amide bonds. The third kappa shape index (κ3) is 12.2. The van der Waals surface area contributed by atoms with Gasteiger partial charge in [-0.25, -0.2) is 5.48 Å². The zero-order valence-electron chi connectivity index (χ0n) is 31.2. The minimum atomic E-state index is -0.600. The lowest BCUT2D eigenvalue weighted by Gasteiger charge is -2.38. The van der Waals surface area contributed by atoms with E-state index in [1.807, 2.05) is 54.6 Å². The van der Waals surface area contributed by atoms with Crippen molar-refractivity contribution in [2.24, 2.45) is 0 Å². The van der Waals surface area contributed by atoms with Gasteiger partial charge in [-0.15, -0.1) is 0 Å². The number of carbonyl (C=O) groups is 2. The van der Waals surface area contributed by atoms with Crippen LogP contribution in [0.2, 0.25) is 0 Å². The Hall–Kier alpha value is -5.16. The zero-order chi connectivity index (χ0) is 38.2. The number of nitrogens with zero attached hydrogens (tertiary/aromatic N) is 1. The second kappa shape index (κ2) is 20.5. The van der Waals surface area contributed by atoms with Crippen molar-refractivity contribution in [3.05, 3.63) is 167 Å². The van der Waals surface area contributed by atoms with E-state index >= 15 is 0 Å². The number of nitrogens with one attached hydrogen (secondary N) is 2. The van der Waals surface area contributed by atoms with Crippen molar-refractivity contribution in [1.82, 2.24) is 15.7 Å². The monoisotopic (exact) mass is 741 g/mol. The molecule has 0 aromatic heterocycles. The van der Waals surface area contributed by atoms with Crippen LogP contribution in [0, 0.1) is 0 Å². The molecule has 9 nitrogen and oxygen atoms in total. The summed E-state index contributed by atoms with van der Waals surface area (Å²) >= 11 is 0. The third-order valence-corrected chi connectivity index (χ3v) is 9.92. The number of aliphatic hydroxyl groups is 1. The molecule has 0 saturated carbocycles. The Balaban J connectivity index is 1.17. The maximum Gasteiger partial charge on any atom is 0.243 e. The number of hydrogen-bond donors (Lipinski definition) is 4. The van der Waals surface area contributed by atoms with Crippen LogP contribution in [-0.2, 0) is 45.3 Å². The number of hydrogen-bond acceptors (Lipinski definition) is 7. The minimum Gasteiger partial charge on any atom is -0.392 e. The van der Waals surface area contributed by atoms with Gasteiger partial charge in [0.1, 0.15) is 0 Å². The van der Waals surface area contributed by atoms with Gasteiger partial charge in [0.25, 0.3) is 0 Å². The summed E-state index contributed by atoms with van der Waals surface area (Å²) in [4.78, 5) is 26.1. The summed E-state index contributed by atoms with van der Waals surface area (Å²) in [5.41, 5.74) is 9.99. The fraction of sp³-hybridized carbons (Fsp3) is 0.304. The van der Waals surface area contributed by atoms with Gasteiger partial charge in [0.05, 0.1) is 18.8 Å². The van der Waals surface area contributed by atoms with E-state index in [0.29, 0.717) is 38.8 Å². The van der Waals surface area contributed by atoms with Crippen LogP contribution in [0.25, 0.3) is 11.1 Å². The molecule has 1 aliphatic rings. The molecule has 1 heterocycles. The largest absolute Gasteiger partial charge is 0.392 e. The molecule has 3 atom stereocenters. The topological polar surface area (TPSA) is 120 Å². The average molecular weight is 742 g/mol. The molecule has 286 valence electrons. The summed E-state index contributed by atoms with van der Waals surface area (Å²) < 4.78 is 13.6. The van der Waals surface area contributed by atoms with Gasteiger partial charge in [-0.3, -0.25) is 19.7 Å². The number of aliphatic hydroxyl groups excluding tert-OH is 1. The molecule has 9 heteroatoms. The molecule has 0 radical (unpaired) electrons. The first-order valence-corrected chi connectivity index (χ1v) is 19.2. The first-order valence-electron chi connectivity index (χ1n) is 19.2. The lowest BCUT2D eigenvalue weighted by atomic mass is 9.98. The molecule has 6 rings (SSSR count). The molecule has 4 N–H and O–H groups in total. The molecule has 3 unspecified atom stereocenters. The second-order valence-electron chi connectivity index (χ2n) is 14.2. The van der Waals surface area contributed by atoms with E-state index in [1.165, 1.54) is 11.1 Å². The van der Waals surface area contributed by atoms with Gasteiger partial charge in [0.2, 0.25) is 11.8 Å². The third-order valence-electron chi connectivity index (χ3n) is 9.92. The number of rotatable bonds is 18. The van der Waals surface area contributed by atoms with E-state index < -0.39 is 12.2 Å². The van der Waals surface area contributed by atoms with Crippen LogP contribution in [0.3, 0.4) is 0 Å². The van der Waals surface area contributed by atoms with Crippen LogP contribution in [-0.4, -0.2) is 39.7 Å². The van der Waals surface area contributed by atoms with Crippen molar-refractivity contribution in [3.8, 4) is 11.1 Å². The Morgan fingerprint density at radius 3 is 1.91 bits per heavy atom. The van der Waals surface area contributed by atoms with Crippen molar-refractivity contribution in [2.45, 2.75) is 83.3 Å². The molecule has 5 aromatic carbocycles. The van der Waals surface area contributed by atoms with Crippen molar-refractivity contribution in [3.63, 3.8) is 0 Å². The molecule has 5 aromatic rings. The van der Waals surface area contributed by atoms with Crippen molar-refractivity contribution in [1.29, 1.82) is 0 Å². The van der Waals surface area contributed by atoms with Gasteiger partial charge in [-0.2, -0.15) is 0 Å². The quantitative estimate of drug-likeness (QED) is 0.0407. The van der Waals surface area contributed by atoms with Crippen LogP contribution in [0.5, 0.6) is 0 Å². The first-order chi connectivity index (χ1) is 26.9. The van der Waals surface area contributed by atoms with Crippen molar-refractivity contribution in [2.75, 3.05) is 6.54 Å². The summed E-state index contributed by atoms with van der Waals surface area (Å²) in [5, 5.41) is 21.3. The molecule has 0 bridgehead atoms. The highest BCUT2D eigenvalue weighted by molar-refractivity contribution is 5.76. The number of amides is 2. The number of ether oxygens (including phenoxy) is 2. The predicted molar refractivity (Wildman–Crippen MR) is 212 cm³/mol. The number of carbonyl (C=O) groups excluding carboxylic acids is 2. The highest BCUT2D eigenvalue weighted by Crippen LogP contribution is 2.39. The zero-order valence-corrected chi connectivity index (χ0v) is 31.2. The molecule has 1 fully saturated rings. The Morgan fingerprint density at radius 1 is 0.636 bits per heavy atom. The normalized spacial score (nSPS) is 16.8. The molecule has 0 spiro atoms. The molecule has 0 aliphatic carbocycles. The SMILES string of the molecule is O=C(CCCCCC(=O)NCc1cccc(-c2cccc(C3OC(CN(Cc4ccccc4)Cc4ccccc4)CC(c4ccc(CO)cc4)O3)c2)c1)NO. The van der Waals surface area contributed by atoms with E-state index in [1.54, 1.807) is 5.48 Å². The van der Waals surface area contributed by atoms with Gasteiger partial charge < -0.3 is 19.9 Å². The van der Waals surface area contributed by atoms with E-state index in [0.717, 1.165) is 52.9 Å². The highest BCUT2D eigenvalue weighted by atomic mass is 16.7. The summed E-state index contributed by atoms with van der Waals surface area (Å²) in [5.74, 6) is -0.445. The van der Waals surface area contributed by atoms with Gasteiger partial charge in [-0.05, 0) is 63.9 Å². The van der Waals surface area contributed by atoms with Gasteiger partial charge in [0, 0.05) is 51.0 Å². The maximum atomic E-state index is 12.5. The van der Waals surface area contributed by atoms with Gasteiger partial charge in [-0.1, -0.05) is 128 Å². The summed E-state index contributed by atoms with van der Waals surface area (Å²) in [6.45, 7) is 2.69. The fourth-order valence-corrected chi connectivity index (χ4v) is 7.01. The first kappa shape index (κ1) is 39.5. The minimum absolute atomic E-state index is 0.0104. The smallest absolute Gasteiger partial charge is 0.243 e. The van der Waals surface area contributed by atoms with Crippen LogP contribution >= 0.6 is 0 Å². The molecular formula is C46H51N3O6. The number of unbranched alkanes of at least 4 members (excludes halogenated alkanes) is 2. The lowest BCUT2D eigenvalue weighted by molar-refractivity contribution is -0.253. The van der Waals surface area contributed by atoms with Crippen LogP contribution in [0.1, 0.15) is 84.3 Å². The van der Waals surface area contributed by atoms with Gasteiger partial charge >= 0.3 is 0 Å². The lowest BCUT2D eigenvalue weighted by Crippen LogP contribution is -2.39. The standard InChI is InChI=1S/C46H51N3O6/c50-33-36-22-24-38(25-23-36)43-28-42(32-49(30-34-12-4-1-5-13-34)31-35-14-6-2-7-15-35)54-46(55-43)41-19-11-18-40(27-41)39-17-10-16-37(26-39)29-47-44(51)20-8-3-9-21-45(52)48-53/h1-2,4-7,10-19,22-27,42-43,46,50,53H,3,8-9,20-21,28-33H2,(H,47,51)(H,48,52). The Bertz CT molecular complexity index is 1900. The molecule has 1 saturated heterocycles. The maximum absolute atomic E-state index is 12.5. The second-order valence-corrected chi connectivity index (χ2v) is 14.2. The Kier molecular flexibility index (Phi) is 14.7.